The van der Waals surface area contributed by atoms with E-state index in [-0.39, 0.29) is 18.2 Å². The molecular weight excluding hydrogens is 338 g/mol. The number of ketones is 1. The molecule has 1 heterocycles. The number of nitrogens with zero attached hydrogens (tertiary/aromatic N) is 2. The summed E-state index contributed by atoms with van der Waals surface area (Å²) >= 11 is 6.04. The molecule has 0 aliphatic rings. The van der Waals surface area contributed by atoms with Crippen molar-refractivity contribution in [1.82, 2.24) is 9.78 Å². The average Bonchev–Trinajstić information content (AvgIpc) is 3.01. The quantitative estimate of drug-likeness (QED) is 0.711. The molecule has 0 bridgehead atoms. The lowest BCUT2D eigenvalue weighted by atomic mass is 10.0. The van der Waals surface area contributed by atoms with Crippen LogP contribution in [0.5, 0.6) is 0 Å². The van der Waals surface area contributed by atoms with Gasteiger partial charge in [0.05, 0.1) is 5.69 Å². The third-order valence-electron chi connectivity index (χ3n) is 3.76. The van der Waals surface area contributed by atoms with Crippen LogP contribution in [0.2, 0.25) is 5.02 Å². The van der Waals surface area contributed by atoms with Crippen LogP contribution in [-0.2, 0) is 11.3 Å². The van der Waals surface area contributed by atoms with Crippen LogP contribution < -0.4 is 5.32 Å². The van der Waals surface area contributed by atoms with Gasteiger partial charge in [-0.1, -0.05) is 41.9 Å². The Morgan fingerprint density at radius 2 is 1.88 bits per heavy atom. The maximum absolute atomic E-state index is 12.7. The molecule has 1 aromatic heterocycles. The van der Waals surface area contributed by atoms with Crippen molar-refractivity contribution in [1.29, 1.82) is 0 Å². The molecule has 0 atom stereocenters. The minimum atomic E-state index is -0.267. The van der Waals surface area contributed by atoms with E-state index >= 15 is 0 Å². The average molecular weight is 354 g/mol. The fourth-order valence-corrected chi connectivity index (χ4v) is 2.62. The van der Waals surface area contributed by atoms with Crippen LogP contribution in [0, 0.1) is 6.92 Å². The summed E-state index contributed by atoms with van der Waals surface area (Å²) in [4.78, 5) is 25.1. The van der Waals surface area contributed by atoms with E-state index in [9.17, 15) is 9.59 Å². The number of amides is 1. The predicted molar refractivity (Wildman–Crippen MR) is 96.9 cm³/mol. The fraction of sp³-hybridized carbons (Fsp3) is 0.105. The molecule has 0 aliphatic carbocycles. The van der Waals surface area contributed by atoms with Gasteiger partial charge in [0.25, 0.3) is 0 Å². The highest BCUT2D eigenvalue weighted by atomic mass is 35.5. The Balaban J connectivity index is 1.85. The number of carbonyl (C=O) groups is 2. The maximum atomic E-state index is 12.7. The Morgan fingerprint density at radius 1 is 1.12 bits per heavy atom. The van der Waals surface area contributed by atoms with Gasteiger partial charge in [0.1, 0.15) is 6.54 Å². The molecule has 0 unspecified atom stereocenters. The number of aromatic nitrogens is 2. The first kappa shape index (κ1) is 16.9. The Labute approximate surface area is 150 Å². The molecular formula is C19H16ClN3O2. The van der Waals surface area contributed by atoms with Crippen LogP contribution in [0.1, 0.15) is 21.6 Å². The molecule has 0 fully saturated rings. The van der Waals surface area contributed by atoms with Gasteiger partial charge in [0, 0.05) is 28.0 Å². The van der Waals surface area contributed by atoms with Crippen molar-refractivity contribution in [2.45, 2.75) is 13.5 Å². The lowest BCUT2D eigenvalue weighted by Crippen LogP contribution is -2.21. The molecule has 25 heavy (non-hydrogen) atoms. The second-order valence-corrected chi connectivity index (χ2v) is 6.00. The molecule has 1 amide bonds. The van der Waals surface area contributed by atoms with E-state index in [4.69, 9.17) is 11.6 Å². The lowest BCUT2D eigenvalue weighted by molar-refractivity contribution is -0.116. The number of nitrogens with one attached hydrogen (secondary N) is 1. The normalized spacial score (nSPS) is 10.5. The molecule has 1 N–H and O–H groups in total. The molecule has 6 heteroatoms. The Bertz CT molecular complexity index is 919. The van der Waals surface area contributed by atoms with E-state index in [0.717, 1.165) is 5.69 Å². The van der Waals surface area contributed by atoms with Crippen LogP contribution >= 0.6 is 11.6 Å². The number of benzene rings is 2. The zero-order valence-electron chi connectivity index (χ0n) is 13.6. The Morgan fingerprint density at radius 3 is 2.56 bits per heavy atom. The summed E-state index contributed by atoms with van der Waals surface area (Å²) in [7, 11) is 0. The van der Waals surface area contributed by atoms with Gasteiger partial charge in [0.2, 0.25) is 5.91 Å². The summed E-state index contributed by atoms with van der Waals surface area (Å²) in [5.41, 5.74) is 2.19. The zero-order chi connectivity index (χ0) is 17.8. The number of rotatable bonds is 5. The van der Waals surface area contributed by atoms with E-state index in [1.807, 2.05) is 19.1 Å². The number of hydrogen-bond acceptors (Lipinski definition) is 3. The molecule has 2 aromatic carbocycles. The van der Waals surface area contributed by atoms with Gasteiger partial charge < -0.3 is 5.32 Å². The van der Waals surface area contributed by atoms with Crippen molar-refractivity contribution in [2.75, 3.05) is 5.32 Å². The molecule has 3 aromatic rings. The Kier molecular flexibility index (Phi) is 4.95. The second-order valence-electron chi connectivity index (χ2n) is 5.56. The largest absolute Gasteiger partial charge is 0.324 e. The summed E-state index contributed by atoms with van der Waals surface area (Å²) in [5.74, 6) is -0.468. The van der Waals surface area contributed by atoms with E-state index in [0.29, 0.717) is 21.8 Å². The van der Waals surface area contributed by atoms with Crippen molar-refractivity contribution in [3.8, 4) is 0 Å². The summed E-state index contributed by atoms with van der Waals surface area (Å²) in [6.07, 6.45) is 1.63. The van der Waals surface area contributed by atoms with Crippen molar-refractivity contribution >= 4 is 29.0 Å². The highest BCUT2D eigenvalue weighted by Gasteiger charge is 2.16. The van der Waals surface area contributed by atoms with E-state index < -0.39 is 0 Å². The first-order valence-electron chi connectivity index (χ1n) is 7.72. The van der Waals surface area contributed by atoms with Gasteiger partial charge in [-0.3, -0.25) is 14.3 Å². The van der Waals surface area contributed by atoms with Crippen LogP contribution in [0.3, 0.4) is 0 Å². The minimum Gasteiger partial charge on any atom is -0.324 e. The van der Waals surface area contributed by atoms with Crippen LogP contribution in [0.4, 0.5) is 5.69 Å². The van der Waals surface area contributed by atoms with Gasteiger partial charge in [-0.25, -0.2) is 0 Å². The number of hydrogen-bond donors (Lipinski definition) is 1. The molecule has 0 radical (unpaired) electrons. The number of halogens is 1. The zero-order valence-corrected chi connectivity index (χ0v) is 14.3. The SMILES string of the molecule is Cc1ccnn1CC(=O)Nc1ccc(Cl)cc1C(=O)c1ccccc1. The summed E-state index contributed by atoms with van der Waals surface area (Å²) in [6, 6.07) is 15.5. The standard InChI is InChI=1S/C19H16ClN3O2/c1-13-9-10-21-23(13)12-18(24)22-17-8-7-15(20)11-16(17)19(25)14-5-3-2-4-6-14/h2-11H,12H2,1H3,(H,22,24). The van der Waals surface area contributed by atoms with Gasteiger partial charge >= 0.3 is 0 Å². The third-order valence-corrected chi connectivity index (χ3v) is 3.99. The number of aryl methyl sites for hydroxylation is 1. The summed E-state index contributed by atoms with van der Waals surface area (Å²) < 4.78 is 1.59. The fourth-order valence-electron chi connectivity index (χ4n) is 2.45. The molecule has 0 aliphatic heterocycles. The van der Waals surface area contributed by atoms with Crippen molar-refractivity contribution in [2.24, 2.45) is 0 Å². The monoisotopic (exact) mass is 353 g/mol. The maximum Gasteiger partial charge on any atom is 0.246 e. The highest BCUT2D eigenvalue weighted by molar-refractivity contribution is 6.31. The molecule has 0 spiro atoms. The molecule has 3 rings (SSSR count). The lowest BCUT2D eigenvalue weighted by Gasteiger charge is -2.12. The Hall–Kier alpha value is -2.92. The first-order valence-corrected chi connectivity index (χ1v) is 8.10. The summed E-state index contributed by atoms with van der Waals surface area (Å²) in [6.45, 7) is 1.94. The molecule has 126 valence electrons. The van der Waals surface area contributed by atoms with E-state index in [1.54, 1.807) is 53.3 Å². The summed E-state index contributed by atoms with van der Waals surface area (Å²) in [5, 5.41) is 7.29. The van der Waals surface area contributed by atoms with Crippen LogP contribution in [0.25, 0.3) is 0 Å². The number of anilines is 1. The van der Waals surface area contributed by atoms with Gasteiger partial charge in [0.15, 0.2) is 5.78 Å². The van der Waals surface area contributed by atoms with Crippen molar-refractivity contribution in [3.05, 3.63) is 82.6 Å². The molecule has 0 saturated heterocycles. The molecule has 5 nitrogen and oxygen atoms in total. The van der Waals surface area contributed by atoms with Crippen molar-refractivity contribution < 1.29 is 9.59 Å². The smallest absolute Gasteiger partial charge is 0.246 e. The third kappa shape index (κ3) is 3.95. The highest BCUT2D eigenvalue weighted by Crippen LogP contribution is 2.23. The van der Waals surface area contributed by atoms with Crippen LogP contribution in [0.15, 0.2) is 60.8 Å². The van der Waals surface area contributed by atoms with Gasteiger partial charge in [-0.05, 0) is 31.2 Å². The second kappa shape index (κ2) is 7.32. The number of carbonyl (C=O) groups excluding carboxylic acids is 2. The van der Waals surface area contributed by atoms with Gasteiger partial charge in [-0.2, -0.15) is 5.10 Å². The van der Waals surface area contributed by atoms with Gasteiger partial charge in [-0.15, -0.1) is 0 Å². The molecule has 0 saturated carbocycles. The van der Waals surface area contributed by atoms with Crippen molar-refractivity contribution in [3.63, 3.8) is 0 Å². The first-order chi connectivity index (χ1) is 12.0. The minimum absolute atomic E-state index is 0.0699. The van der Waals surface area contributed by atoms with E-state index in [1.165, 1.54) is 0 Å². The predicted octanol–water partition coefficient (Wildman–Crippen LogP) is 3.71. The topological polar surface area (TPSA) is 64.0 Å². The van der Waals surface area contributed by atoms with E-state index in [2.05, 4.69) is 10.4 Å². The van der Waals surface area contributed by atoms with Crippen LogP contribution in [-0.4, -0.2) is 21.5 Å².